The number of hydrogen-bond donors (Lipinski definition) is 2. The van der Waals surface area contributed by atoms with Gasteiger partial charge in [0, 0.05) is 56.1 Å². The van der Waals surface area contributed by atoms with E-state index < -0.39 is 0 Å². The van der Waals surface area contributed by atoms with Crippen LogP contribution in [-0.2, 0) is 13.2 Å². The van der Waals surface area contributed by atoms with Crippen molar-refractivity contribution >= 4 is 27.8 Å². The molecule has 212 valence electrons. The van der Waals surface area contributed by atoms with Crippen molar-refractivity contribution in [2.24, 2.45) is 0 Å². The van der Waals surface area contributed by atoms with E-state index in [-0.39, 0.29) is 12.5 Å². The Hall–Kier alpha value is -4.34. The molecular weight excluding hydrogens is 520 g/mol. The minimum atomic E-state index is -0.0814. The highest BCUT2D eigenvalue weighted by molar-refractivity contribution is 5.96. The van der Waals surface area contributed by atoms with E-state index in [1.54, 1.807) is 12.3 Å². The molecule has 3 aromatic heterocycles. The molecule has 0 saturated carbocycles. The van der Waals surface area contributed by atoms with Crippen molar-refractivity contribution in [3.05, 3.63) is 89.6 Å². The number of piperazine rings is 1. The van der Waals surface area contributed by atoms with Gasteiger partial charge < -0.3 is 33.8 Å². The predicted molar refractivity (Wildman–Crippen MR) is 156 cm³/mol. The lowest BCUT2D eigenvalue weighted by molar-refractivity contribution is 0.0706. The first-order valence-electron chi connectivity index (χ1n) is 14.1. The van der Waals surface area contributed by atoms with Crippen LogP contribution in [-0.4, -0.2) is 55.1 Å². The average molecular weight is 555 g/mol. The van der Waals surface area contributed by atoms with Gasteiger partial charge in [0.1, 0.15) is 35.0 Å². The monoisotopic (exact) mass is 554 g/mol. The highest BCUT2D eigenvalue weighted by atomic mass is 16.5. The topological polar surface area (TPSA) is 102 Å². The van der Waals surface area contributed by atoms with Gasteiger partial charge in [-0.1, -0.05) is 12.1 Å². The summed E-state index contributed by atoms with van der Waals surface area (Å²) >= 11 is 0. The van der Waals surface area contributed by atoms with E-state index in [2.05, 4.69) is 21.7 Å². The molecular formula is C32H34N4O5. The molecule has 1 saturated heterocycles. The van der Waals surface area contributed by atoms with E-state index in [9.17, 15) is 4.79 Å². The Morgan fingerprint density at radius 2 is 1.95 bits per heavy atom. The fraction of sp³-hybridized carbons (Fsp3) is 0.312. The molecule has 0 aliphatic carbocycles. The number of ether oxygens (including phenoxy) is 2. The van der Waals surface area contributed by atoms with E-state index in [0.717, 1.165) is 71.6 Å². The van der Waals surface area contributed by atoms with Gasteiger partial charge in [-0.15, -0.1) is 0 Å². The van der Waals surface area contributed by atoms with Gasteiger partial charge in [0.2, 0.25) is 0 Å². The van der Waals surface area contributed by atoms with Crippen molar-refractivity contribution in [2.45, 2.75) is 26.5 Å². The zero-order valence-corrected chi connectivity index (χ0v) is 23.2. The molecule has 9 nitrogen and oxygen atoms in total. The van der Waals surface area contributed by atoms with Gasteiger partial charge >= 0.3 is 0 Å². The molecule has 0 spiro atoms. The van der Waals surface area contributed by atoms with Crippen molar-refractivity contribution < 1.29 is 23.1 Å². The number of nitrogens with one attached hydrogen (secondary N) is 2. The summed E-state index contributed by atoms with van der Waals surface area (Å²) in [6.07, 6.45) is 4.53. The molecule has 2 aromatic carbocycles. The van der Waals surface area contributed by atoms with Gasteiger partial charge in [-0.2, -0.15) is 0 Å². The van der Waals surface area contributed by atoms with Gasteiger partial charge in [-0.25, -0.2) is 0 Å². The highest BCUT2D eigenvalue weighted by Crippen LogP contribution is 2.34. The minimum absolute atomic E-state index is 0.0814. The standard InChI is InChI=1S/C32H34N4O5/c1-22-30(21-39-25-8-9-26-24(17-25)18-29(40-26)32(37)36-14-12-33-13-15-36)41-28-7-2-6-27(31(22)28)38-16-4-11-35-20-23-5-3-10-34-19-23/h2-3,5-10,17-19,33,35H,4,11-16,20-21H2,1H3. The van der Waals surface area contributed by atoms with Gasteiger partial charge in [-0.3, -0.25) is 9.78 Å². The Morgan fingerprint density at radius 3 is 2.80 bits per heavy atom. The second kappa shape index (κ2) is 12.4. The lowest BCUT2D eigenvalue weighted by Gasteiger charge is -2.26. The Bertz CT molecular complexity index is 1620. The largest absolute Gasteiger partial charge is 0.493 e. The number of nitrogens with zero attached hydrogens (tertiary/aromatic N) is 2. The van der Waals surface area contributed by atoms with E-state index in [1.165, 1.54) is 0 Å². The van der Waals surface area contributed by atoms with Crippen LogP contribution in [0.2, 0.25) is 0 Å². The van der Waals surface area contributed by atoms with Crippen LogP contribution in [0.4, 0.5) is 0 Å². The molecule has 6 rings (SSSR count). The first-order valence-corrected chi connectivity index (χ1v) is 14.1. The fourth-order valence-corrected chi connectivity index (χ4v) is 5.08. The Morgan fingerprint density at radius 1 is 1.05 bits per heavy atom. The molecule has 5 aromatic rings. The number of carbonyl (C=O) groups excluding carboxylic acids is 1. The SMILES string of the molecule is Cc1c(COc2ccc3oc(C(=O)N4CCNCC4)cc3c2)oc2cccc(OCCCNCc3cccnc3)c12. The van der Waals surface area contributed by atoms with Crippen LogP contribution in [0.5, 0.6) is 11.5 Å². The lowest BCUT2D eigenvalue weighted by atomic mass is 10.1. The summed E-state index contributed by atoms with van der Waals surface area (Å²) in [7, 11) is 0. The maximum absolute atomic E-state index is 12.8. The smallest absolute Gasteiger partial charge is 0.289 e. The second-order valence-corrected chi connectivity index (χ2v) is 10.2. The number of carbonyl (C=O) groups is 1. The lowest BCUT2D eigenvalue weighted by Crippen LogP contribution is -2.46. The number of fused-ring (bicyclic) bond motifs is 2. The van der Waals surface area contributed by atoms with Gasteiger partial charge in [-0.05, 0) is 67.9 Å². The number of furan rings is 2. The maximum atomic E-state index is 12.8. The summed E-state index contributed by atoms with van der Waals surface area (Å²) < 4.78 is 24.2. The average Bonchev–Trinajstić information content (AvgIpc) is 3.59. The van der Waals surface area contributed by atoms with Gasteiger partial charge in [0.25, 0.3) is 5.91 Å². The van der Waals surface area contributed by atoms with Crippen LogP contribution >= 0.6 is 0 Å². The van der Waals surface area contributed by atoms with Crippen molar-refractivity contribution in [3.63, 3.8) is 0 Å². The molecule has 0 unspecified atom stereocenters. The van der Waals surface area contributed by atoms with E-state index in [4.69, 9.17) is 18.3 Å². The first kappa shape index (κ1) is 26.9. The molecule has 1 amide bonds. The van der Waals surface area contributed by atoms with Crippen LogP contribution in [0.1, 0.15) is 33.9 Å². The fourth-order valence-electron chi connectivity index (χ4n) is 5.08. The maximum Gasteiger partial charge on any atom is 0.289 e. The highest BCUT2D eigenvalue weighted by Gasteiger charge is 2.22. The zero-order valence-electron chi connectivity index (χ0n) is 23.2. The van der Waals surface area contributed by atoms with Crippen molar-refractivity contribution in [1.82, 2.24) is 20.5 Å². The first-order chi connectivity index (χ1) is 20.2. The van der Waals surface area contributed by atoms with Crippen molar-refractivity contribution in [2.75, 3.05) is 39.3 Å². The molecule has 0 atom stereocenters. The third-order valence-electron chi connectivity index (χ3n) is 7.29. The Kier molecular flexibility index (Phi) is 8.16. The van der Waals surface area contributed by atoms with Crippen LogP contribution < -0.4 is 20.1 Å². The summed E-state index contributed by atoms with van der Waals surface area (Å²) in [5.74, 6) is 2.50. The Labute approximate surface area is 238 Å². The summed E-state index contributed by atoms with van der Waals surface area (Å²) in [6.45, 7) is 7.48. The Balaban J connectivity index is 1.06. The normalized spacial score (nSPS) is 13.6. The number of rotatable bonds is 11. The second-order valence-electron chi connectivity index (χ2n) is 10.2. The van der Waals surface area contributed by atoms with Crippen LogP contribution in [0.15, 0.2) is 75.8 Å². The van der Waals surface area contributed by atoms with Gasteiger partial charge in [0.05, 0.1) is 12.0 Å². The van der Waals surface area contributed by atoms with Crippen molar-refractivity contribution in [1.29, 1.82) is 0 Å². The minimum Gasteiger partial charge on any atom is -0.493 e. The summed E-state index contributed by atoms with van der Waals surface area (Å²) in [4.78, 5) is 18.8. The molecule has 1 fully saturated rings. The number of amides is 1. The van der Waals surface area contributed by atoms with E-state index in [0.29, 0.717) is 36.8 Å². The van der Waals surface area contributed by atoms with Crippen LogP contribution in [0, 0.1) is 6.92 Å². The summed E-state index contributed by atoms with van der Waals surface area (Å²) in [5.41, 5.74) is 3.59. The number of pyridine rings is 1. The van der Waals surface area contributed by atoms with Crippen molar-refractivity contribution in [3.8, 4) is 11.5 Å². The van der Waals surface area contributed by atoms with E-state index >= 15 is 0 Å². The molecule has 0 bridgehead atoms. The molecule has 2 N–H and O–H groups in total. The number of aryl methyl sites for hydroxylation is 1. The van der Waals surface area contributed by atoms with Crippen LogP contribution in [0.3, 0.4) is 0 Å². The van der Waals surface area contributed by atoms with E-state index in [1.807, 2.05) is 60.5 Å². The molecule has 41 heavy (non-hydrogen) atoms. The number of benzene rings is 2. The number of aromatic nitrogens is 1. The molecule has 1 aliphatic heterocycles. The van der Waals surface area contributed by atoms with Gasteiger partial charge in [0.15, 0.2) is 5.76 Å². The molecule has 1 aliphatic rings. The number of hydrogen-bond acceptors (Lipinski definition) is 8. The predicted octanol–water partition coefficient (Wildman–Crippen LogP) is 5.07. The quantitative estimate of drug-likeness (QED) is 0.218. The van der Waals surface area contributed by atoms with Crippen LogP contribution in [0.25, 0.3) is 21.9 Å². The zero-order chi connectivity index (χ0) is 28.0. The molecule has 4 heterocycles. The molecule has 0 radical (unpaired) electrons. The summed E-state index contributed by atoms with van der Waals surface area (Å²) in [5, 5.41) is 8.48. The summed E-state index contributed by atoms with van der Waals surface area (Å²) in [6, 6.07) is 17.2. The molecule has 9 heteroatoms. The third-order valence-corrected chi connectivity index (χ3v) is 7.29. The third kappa shape index (κ3) is 6.21.